The summed E-state index contributed by atoms with van der Waals surface area (Å²) in [5, 5.41) is 36.1. The molecule has 2 aliphatic rings. The third-order valence-corrected chi connectivity index (χ3v) is 11.7. The van der Waals surface area contributed by atoms with Crippen LogP contribution in [-0.2, 0) is 24.8 Å². The van der Waals surface area contributed by atoms with Gasteiger partial charge in [-0.25, -0.2) is 9.07 Å². The Labute approximate surface area is 352 Å². The van der Waals surface area contributed by atoms with Crippen LogP contribution in [0.15, 0.2) is 89.9 Å². The number of aromatic hydroxyl groups is 2. The lowest BCUT2D eigenvalue weighted by Crippen LogP contribution is -2.51. The highest BCUT2D eigenvalue weighted by atomic mass is 19.1. The minimum absolute atomic E-state index is 0.0172. The first-order valence-electron chi connectivity index (χ1n) is 20.7. The smallest absolute Gasteiger partial charge is 0.274 e. The molecule has 14 heteroatoms. The molecule has 1 saturated carbocycles. The predicted molar refractivity (Wildman–Crippen MR) is 232 cm³/mol. The highest BCUT2D eigenvalue weighted by molar-refractivity contribution is 5.95. The van der Waals surface area contributed by atoms with E-state index in [4.69, 9.17) is 0 Å². The molecule has 0 spiro atoms. The Morgan fingerprint density at radius 1 is 0.869 bits per heavy atom. The maximum absolute atomic E-state index is 14.6. The Balaban J connectivity index is 0.000000171. The van der Waals surface area contributed by atoms with Crippen molar-refractivity contribution in [3.8, 4) is 28.6 Å². The van der Waals surface area contributed by atoms with Gasteiger partial charge in [0.05, 0.1) is 22.2 Å². The number of benzene rings is 4. The average Bonchev–Trinajstić information content (AvgIpc) is 3.92. The van der Waals surface area contributed by atoms with Crippen LogP contribution in [0.4, 0.5) is 4.39 Å². The van der Waals surface area contributed by atoms with E-state index in [9.17, 15) is 29.0 Å². The number of aromatic nitrogens is 6. The van der Waals surface area contributed by atoms with Crippen LogP contribution in [0.3, 0.4) is 0 Å². The Morgan fingerprint density at radius 3 is 2.30 bits per heavy atom. The summed E-state index contributed by atoms with van der Waals surface area (Å²) in [6, 6.07) is 23.3. The molecule has 2 fully saturated rings. The zero-order valence-electron chi connectivity index (χ0n) is 35.0. The average molecular weight is 825 g/mol. The highest BCUT2D eigenvalue weighted by Gasteiger charge is 2.35. The van der Waals surface area contributed by atoms with Crippen LogP contribution in [-0.4, -0.2) is 87.1 Å². The van der Waals surface area contributed by atoms with Crippen LogP contribution in [0.1, 0.15) is 72.5 Å². The molecule has 0 atom stereocenters. The molecule has 1 saturated heterocycles. The van der Waals surface area contributed by atoms with Crippen LogP contribution >= 0.6 is 0 Å². The maximum atomic E-state index is 14.6. The first-order chi connectivity index (χ1) is 29.3. The first kappa shape index (κ1) is 40.9. The van der Waals surface area contributed by atoms with Crippen molar-refractivity contribution >= 4 is 33.5 Å². The number of phenolic OH excluding ortho intramolecular Hbond substituents is 2. The molecule has 0 unspecified atom stereocenters. The van der Waals surface area contributed by atoms with Gasteiger partial charge in [0.25, 0.3) is 11.5 Å². The van der Waals surface area contributed by atoms with Gasteiger partial charge in [0.2, 0.25) is 5.91 Å². The summed E-state index contributed by atoms with van der Waals surface area (Å²) >= 11 is 0. The summed E-state index contributed by atoms with van der Waals surface area (Å²) in [6.07, 6.45) is 4.35. The number of carbonyl (C=O) groups excluding carboxylic acids is 2. The van der Waals surface area contributed by atoms with Gasteiger partial charge >= 0.3 is 0 Å². The van der Waals surface area contributed by atoms with Crippen LogP contribution in [0.2, 0.25) is 0 Å². The molecule has 9 rings (SSSR count). The lowest BCUT2D eigenvalue weighted by Gasteiger charge is -2.35. The lowest BCUT2D eigenvalue weighted by atomic mass is 9.98. The van der Waals surface area contributed by atoms with E-state index >= 15 is 0 Å². The van der Waals surface area contributed by atoms with Gasteiger partial charge in [-0.3, -0.25) is 19.0 Å². The molecule has 4 aromatic carbocycles. The second kappa shape index (κ2) is 16.7. The number of piperazine rings is 1. The number of nitrogens with zero attached hydrogens (tertiary/aromatic N) is 8. The Morgan fingerprint density at radius 2 is 1.59 bits per heavy atom. The summed E-state index contributed by atoms with van der Waals surface area (Å²) in [5.74, 6) is 0.839. The number of halogens is 1. The van der Waals surface area contributed by atoms with E-state index in [1.54, 1.807) is 42.3 Å². The third kappa shape index (κ3) is 8.09. The molecule has 7 aromatic rings. The zero-order valence-corrected chi connectivity index (χ0v) is 35.0. The van der Waals surface area contributed by atoms with E-state index in [1.165, 1.54) is 22.3 Å². The van der Waals surface area contributed by atoms with Crippen molar-refractivity contribution in [2.24, 2.45) is 13.0 Å². The highest BCUT2D eigenvalue weighted by Crippen LogP contribution is 2.38. The van der Waals surface area contributed by atoms with Crippen LogP contribution in [0.25, 0.3) is 38.8 Å². The number of fused-ring (bicyclic) bond motifs is 2. The van der Waals surface area contributed by atoms with E-state index in [0.29, 0.717) is 55.1 Å². The SMILES string of the molecule is CCn1ccc2cc(-n3c(C)nnc3-c3cc(C(C)C)c(O)cc3O)ccc21.Cn1nc(Cc2ccc(F)c(C(=O)N3CCN(C(=O)C4CC4)CC3)c2)c2ccccc2c1=O. The van der Waals surface area contributed by atoms with Crippen molar-refractivity contribution in [1.29, 1.82) is 0 Å². The molecule has 4 heterocycles. The van der Waals surface area contributed by atoms with Crippen molar-refractivity contribution in [3.63, 3.8) is 0 Å². The fourth-order valence-corrected chi connectivity index (χ4v) is 8.12. The number of aryl methyl sites for hydroxylation is 3. The van der Waals surface area contributed by atoms with Crippen LogP contribution in [0.5, 0.6) is 11.5 Å². The van der Waals surface area contributed by atoms with Crippen LogP contribution < -0.4 is 5.56 Å². The summed E-state index contributed by atoms with van der Waals surface area (Å²) in [5.41, 5.74) is 4.67. The predicted octanol–water partition coefficient (Wildman–Crippen LogP) is 7.11. The molecule has 0 radical (unpaired) electrons. The van der Waals surface area contributed by atoms with E-state index in [-0.39, 0.29) is 46.3 Å². The van der Waals surface area contributed by atoms with Gasteiger partial charge < -0.3 is 24.6 Å². The summed E-state index contributed by atoms with van der Waals surface area (Å²) in [6.45, 7) is 10.7. The van der Waals surface area contributed by atoms with Gasteiger partial charge in [-0.2, -0.15) is 5.10 Å². The van der Waals surface area contributed by atoms with Gasteiger partial charge in [-0.1, -0.05) is 38.1 Å². The van der Waals surface area contributed by atoms with Crippen LogP contribution in [0, 0.1) is 18.7 Å². The largest absolute Gasteiger partial charge is 0.508 e. The topological polar surface area (TPSA) is 152 Å². The van der Waals surface area contributed by atoms with Crippen molar-refractivity contribution < 1.29 is 24.2 Å². The molecule has 0 bridgehead atoms. The molecule has 13 nitrogen and oxygen atoms in total. The number of hydrogen-bond acceptors (Lipinski definition) is 8. The zero-order chi connectivity index (χ0) is 43.1. The Hall–Kier alpha value is -6.83. The standard InChI is InChI=1S/C25H25FN4O3.C22H24N4O2/c1-28-24(32)19-5-3-2-4-18(19)22(27-28)15-16-6-9-21(26)20(14-16)25(33)30-12-10-29(11-13-30)23(31)17-7-8-17;1-5-25-9-8-15-10-16(6-7-19(15)25)26-14(4)23-24-22(26)18-11-17(13(2)3)20(27)12-21(18)28/h2-6,9,14,17H,7-8,10-13,15H2,1H3;6-13,27-28H,5H2,1-4H3. The van der Waals surface area contributed by atoms with Gasteiger partial charge in [0.15, 0.2) is 5.82 Å². The number of phenols is 2. The van der Waals surface area contributed by atoms with E-state index in [1.807, 2.05) is 48.4 Å². The molecule has 1 aliphatic heterocycles. The third-order valence-electron chi connectivity index (χ3n) is 11.7. The van der Waals surface area contributed by atoms with Crippen molar-refractivity contribution in [1.82, 2.24) is 38.9 Å². The van der Waals surface area contributed by atoms with Gasteiger partial charge in [-0.05, 0) is 92.3 Å². The summed E-state index contributed by atoms with van der Waals surface area (Å²) in [7, 11) is 1.60. The Kier molecular flexibility index (Phi) is 11.2. The fourth-order valence-electron chi connectivity index (χ4n) is 8.12. The number of amides is 2. The van der Waals surface area contributed by atoms with Gasteiger partial charge in [-0.15, -0.1) is 10.2 Å². The molecule has 2 N–H and O–H groups in total. The number of hydrogen-bond donors (Lipinski definition) is 2. The lowest BCUT2D eigenvalue weighted by molar-refractivity contribution is -0.134. The van der Waals surface area contributed by atoms with Crippen molar-refractivity contribution in [2.75, 3.05) is 26.2 Å². The monoisotopic (exact) mass is 824 g/mol. The van der Waals surface area contributed by atoms with E-state index in [2.05, 4.69) is 51.2 Å². The first-order valence-corrected chi connectivity index (χ1v) is 20.7. The second-order valence-corrected chi connectivity index (χ2v) is 16.1. The normalized spacial score (nSPS) is 14.1. The summed E-state index contributed by atoms with van der Waals surface area (Å²) < 4.78 is 20.1. The minimum Gasteiger partial charge on any atom is -0.508 e. The summed E-state index contributed by atoms with van der Waals surface area (Å²) in [4.78, 5) is 41.1. The van der Waals surface area contributed by atoms with Crippen molar-refractivity contribution in [2.45, 2.75) is 59.4 Å². The van der Waals surface area contributed by atoms with E-state index in [0.717, 1.165) is 52.8 Å². The van der Waals surface area contributed by atoms with Crippen molar-refractivity contribution in [3.05, 3.63) is 129 Å². The molecule has 1 aliphatic carbocycles. The minimum atomic E-state index is -0.571. The fraction of sp³-hybridized carbons (Fsp3) is 0.319. The molecule has 61 heavy (non-hydrogen) atoms. The molecule has 314 valence electrons. The maximum Gasteiger partial charge on any atom is 0.274 e. The second-order valence-electron chi connectivity index (χ2n) is 16.1. The molecular weight excluding hydrogens is 776 g/mol. The molecular formula is C47H49FN8O5. The molecule has 3 aromatic heterocycles. The van der Waals surface area contributed by atoms with E-state index < -0.39 is 5.82 Å². The van der Waals surface area contributed by atoms with Gasteiger partial charge in [0, 0.05) is 86.3 Å². The quantitative estimate of drug-likeness (QED) is 0.165. The number of rotatable bonds is 8. The number of carbonyl (C=O) groups is 2. The van der Waals surface area contributed by atoms with Gasteiger partial charge in [0.1, 0.15) is 23.1 Å². The molecule has 2 amide bonds. The Bertz CT molecular complexity index is 2870.